The third-order valence-corrected chi connectivity index (χ3v) is 4.85. The summed E-state index contributed by atoms with van der Waals surface area (Å²) >= 11 is 0. The molecule has 1 fully saturated rings. The SMILES string of the molecule is CC(C)Oc1cccc(C(=N)c2cc(N3CCC(O)(C(F)(F)F)CC3)ncn2)c1. The summed E-state index contributed by atoms with van der Waals surface area (Å²) in [6.45, 7) is 3.84. The summed E-state index contributed by atoms with van der Waals surface area (Å²) in [6, 6.07) is 8.68. The predicted octanol–water partition coefficient (Wildman–Crippen LogP) is 3.57. The van der Waals surface area contributed by atoms with E-state index in [1.807, 2.05) is 13.8 Å². The molecule has 3 rings (SSSR count). The molecule has 2 heterocycles. The smallest absolute Gasteiger partial charge is 0.417 e. The second-order valence-corrected chi connectivity index (χ2v) is 7.35. The van der Waals surface area contributed by atoms with Crippen LogP contribution in [-0.2, 0) is 0 Å². The van der Waals surface area contributed by atoms with Crippen molar-refractivity contribution in [2.24, 2.45) is 0 Å². The molecule has 0 unspecified atom stereocenters. The van der Waals surface area contributed by atoms with E-state index < -0.39 is 24.6 Å². The van der Waals surface area contributed by atoms with Gasteiger partial charge >= 0.3 is 6.18 Å². The zero-order valence-corrected chi connectivity index (χ0v) is 16.2. The quantitative estimate of drug-likeness (QED) is 0.739. The number of aliphatic hydroxyl groups is 1. The molecule has 9 heteroatoms. The standard InChI is InChI=1S/C20H23F3N4O2/c1-13(2)29-15-5-3-4-14(10-15)18(24)16-11-17(26-12-25-16)27-8-6-19(28,7-9-27)20(21,22)23/h3-5,10-13,24,28H,6-9H2,1-2H3. The van der Waals surface area contributed by atoms with E-state index in [-0.39, 0.29) is 24.9 Å². The van der Waals surface area contributed by atoms with Crippen molar-refractivity contribution in [3.8, 4) is 5.75 Å². The van der Waals surface area contributed by atoms with Gasteiger partial charge in [-0.1, -0.05) is 12.1 Å². The van der Waals surface area contributed by atoms with Crippen molar-refractivity contribution in [2.45, 2.75) is 44.6 Å². The molecule has 0 spiro atoms. The molecule has 0 amide bonds. The van der Waals surface area contributed by atoms with Gasteiger partial charge in [0.05, 0.1) is 17.5 Å². The first-order valence-electron chi connectivity index (χ1n) is 9.31. The number of hydrogen-bond acceptors (Lipinski definition) is 6. The van der Waals surface area contributed by atoms with Crippen LogP contribution in [0.2, 0.25) is 0 Å². The lowest BCUT2D eigenvalue weighted by molar-refractivity contribution is -0.266. The van der Waals surface area contributed by atoms with Crippen LogP contribution in [0.15, 0.2) is 36.7 Å². The first-order valence-corrected chi connectivity index (χ1v) is 9.31. The number of ether oxygens (including phenoxy) is 1. The Morgan fingerprint density at radius 1 is 1.21 bits per heavy atom. The van der Waals surface area contributed by atoms with Crippen molar-refractivity contribution in [3.05, 3.63) is 47.9 Å². The zero-order chi connectivity index (χ0) is 21.2. The molecule has 0 bridgehead atoms. The number of aromatic nitrogens is 2. The van der Waals surface area contributed by atoms with Crippen molar-refractivity contribution >= 4 is 11.5 Å². The summed E-state index contributed by atoms with van der Waals surface area (Å²) in [5.41, 5.74) is -1.54. The van der Waals surface area contributed by atoms with Gasteiger partial charge in [-0.3, -0.25) is 5.41 Å². The van der Waals surface area contributed by atoms with Gasteiger partial charge in [-0.25, -0.2) is 9.97 Å². The summed E-state index contributed by atoms with van der Waals surface area (Å²) in [5.74, 6) is 1.07. The molecule has 0 aliphatic carbocycles. The van der Waals surface area contributed by atoms with Gasteiger partial charge in [0.15, 0.2) is 5.60 Å². The van der Waals surface area contributed by atoms with E-state index in [0.717, 1.165) is 0 Å². The van der Waals surface area contributed by atoms with Crippen LogP contribution in [0.4, 0.5) is 19.0 Å². The van der Waals surface area contributed by atoms with E-state index in [9.17, 15) is 18.3 Å². The number of benzene rings is 1. The molecule has 1 aromatic heterocycles. The Morgan fingerprint density at radius 2 is 1.90 bits per heavy atom. The zero-order valence-electron chi connectivity index (χ0n) is 16.2. The first-order chi connectivity index (χ1) is 13.6. The molecule has 1 aliphatic heterocycles. The highest BCUT2D eigenvalue weighted by atomic mass is 19.4. The third-order valence-electron chi connectivity index (χ3n) is 4.85. The number of anilines is 1. The van der Waals surface area contributed by atoms with Crippen LogP contribution < -0.4 is 9.64 Å². The van der Waals surface area contributed by atoms with Crippen LogP contribution in [0.1, 0.15) is 37.9 Å². The monoisotopic (exact) mass is 408 g/mol. The molecule has 6 nitrogen and oxygen atoms in total. The number of nitrogens with one attached hydrogen (secondary N) is 1. The van der Waals surface area contributed by atoms with E-state index >= 15 is 0 Å². The van der Waals surface area contributed by atoms with Gasteiger partial charge in [0.1, 0.15) is 17.9 Å². The molecule has 1 aromatic carbocycles. The van der Waals surface area contributed by atoms with Gasteiger partial charge in [-0.15, -0.1) is 0 Å². The summed E-state index contributed by atoms with van der Waals surface area (Å²) in [5, 5.41) is 18.3. The maximum atomic E-state index is 13.0. The first kappa shape index (κ1) is 21.0. The highest BCUT2D eigenvalue weighted by Crippen LogP contribution is 2.39. The Morgan fingerprint density at radius 3 is 2.52 bits per heavy atom. The predicted molar refractivity (Wildman–Crippen MR) is 103 cm³/mol. The van der Waals surface area contributed by atoms with E-state index in [1.165, 1.54) is 6.33 Å². The van der Waals surface area contributed by atoms with Crippen molar-refractivity contribution in [2.75, 3.05) is 18.0 Å². The molecular weight excluding hydrogens is 385 g/mol. The Bertz CT molecular complexity index is 878. The van der Waals surface area contributed by atoms with Gasteiger partial charge in [0.2, 0.25) is 0 Å². The van der Waals surface area contributed by atoms with Gasteiger partial charge in [0.25, 0.3) is 0 Å². The fourth-order valence-electron chi connectivity index (χ4n) is 3.19. The Balaban J connectivity index is 1.76. The lowest BCUT2D eigenvalue weighted by Gasteiger charge is -2.39. The molecule has 1 aliphatic rings. The molecule has 0 atom stereocenters. The minimum Gasteiger partial charge on any atom is -0.491 e. The second kappa shape index (κ2) is 7.98. The van der Waals surface area contributed by atoms with Gasteiger partial charge in [-0.2, -0.15) is 13.2 Å². The molecule has 0 radical (unpaired) electrons. The number of alkyl halides is 3. The third kappa shape index (κ3) is 4.67. The molecule has 0 saturated carbocycles. The number of piperidine rings is 1. The molecule has 156 valence electrons. The lowest BCUT2D eigenvalue weighted by atomic mass is 9.91. The van der Waals surface area contributed by atoms with E-state index in [2.05, 4.69) is 9.97 Å². The molecule has 2 aromatic rings. The summed E-state index contributed by atoms with van der Waals surface area (Å²) < 4.78 is 44.6. The largest absolute Gasteiger partial charge is 0.491 e. The molecule has 29 heavy (non-hydrogen) atoms. The van der Waals surface area contributed by atoms with Crippen molar-refractivity contribution < 1.29 is 23.0 Å². The average Bonchev–Trinajstić information content (AvgIpc) is 2.67. The fourth-order valence-corrected chi connectivity index (χ4v) is 3.19. The van der Waals surface area contributed by atoms with E-state index in [1.54, 1.807) is 35.2 Å². The molecular formula is C20H23F3N4O2. The summed E-state index contributed by atoms with van der Waals surface area (Å²) in [6.07, 6.45) is -4.22. The number of rotatable bonds is 5. The lowest BCUT2D eigenvalue weighted by Crippen LogP contribution is -2.53. The van der Waals surface area contributed by atoms with Crippen LogP contribution in [-0.4, -0.2) is 51.8 Å². The Hall–Kier alpha value is -2.68. The maximum absolute atomic E-state index is 13.0. The van der Waals surface area contributed by atoms with Gasteiger partial charge < -0.3 is 14.7 Å². The number of halogens is 3. The van der Waals surface area contributed by atoms with Crippen molar-refractivity contribution in [1.82, 2.24) is 9.97 Å². The highest BCUT2D eigenvalue weighted by Gasteiger charge is 2.54. The minimum absolute atomic E-state index is 0.000435. The summed E-state index contributed by atoms with van der Waals surface area (Å²) in [4.78, 5) is 9.94. The fraction of sp³-hybridized carbons (Fsp3) is 0.450. The van der Waals surface area contributed by atoms with Gasteiger partial charge in [0, 0.05) is 37.6 Å². The average molecular weight is 408 g/mol. The van der Waals surface area contributed by atoms with E-state index in [4.69, 9.17) is 10.1 Å². The normalized spacial score (nSPS) is 16.7. The van der Waals surface area contributed by atoms with Crippen LogP contribution in [0.5, 0.6) is 5.75 Å². The van der Waals surface area contributed by atoms with Crippen LogP contribution in [0, 0.1) is 5.41 Å². The van der Waals surface area contributed by atoms with Gasteiger partial charge in [-0.05, 0) is 26.0 Å². The minimum atomic E-state index is -4.65. The maximum Gasteiger partial charge on any atom is 0.417 e. The number of nitrogens with zero attached hydrogens (tertiary/aromatic N) is 3. The van der Waals surface area contributed by atoms with Crippen LogP contribution in [0.3, 0.4) is 0 Å². The molecule has 1 saturated heterocycles. The second-order valence-electron chi connectivity index (χ2n) is 7.35. The topological polar surface area (TPSA) is 82.3 Å². The van der Waals surface area contributed by atoms with Crippen LogP contribution >= 0.6 is 0 Å². The Labute approximate surface area is 166 Å². The van der Waals surface area contributed by atoms with E-state index in [0.29, 0.717) is 22.8 Å². The highest BCUT2D eigenvalue weighted by molar-refractivity contribution is 6.10. The van der Waals surface area contributed by atoms with Crippen molar-refractivity contribution in [3.63, 3.8) is 0 Å². The van der Waals surface area contributed by atoms with Crippen LogP contribution in [0.25, 0.3) is 0 Å². The van der Waals surface area contributed by atoms with Crippen molar-refractivity contribution in [1.29, 1.82) is 5.41 Å². The summed E-state index contributed by atoms with van der Waals surface area (Å²) in [7, 11) is 0. The number of hydrogen-bond donors (Lipinski definition) is 2. The molecule has 2 N–H and O–H groups in total. The Kier molecular flexibility index (Phi) is 5.79.